The van der Waals surface area contributed by atoms with E-state index in [4.69, 9.17) is 9.84 Å². The molecular formula is C16H14FNO4. The Kier molecular flexibility index (Phi) is 4.41. The number of carboxylic acid groups (broad SMARTS) is 1. The summed E-state index contributed by atoms with van der Waals surface area (Å²) in [5.41, 5.74) is 1.25. The normalized spacial score (nSPS) is 10.1. The molecule has 0 bridgehead atoms. The molecule has 114 valence electrons. The van der Waals surface area contributed by atoms with Crippen LogP contribution in [0, 0.1) is 12.7 Å². The van der Waals surface area contributed by atoms with Gasteiger partial charge < -0.3 is 15.2 Å². The van der Waals surface area contributed by atoms with Crippen LogP contribution < -0.4 is 10.1 Å². The van der Waals surface area contributed by atoms with E-state index in [2.05, 4.69) is 5.32 Å². The summed E-state index contributed by atoms with van der Waals surface area (Å²) in [6.07, 6.45) is 0. The fraction of sp³-hybridized carbons (Fsp3) is 0.125. The first kappa shape index (κ1) is 15.5. The van der Waals surface area contributed by atoms with Gasteiger partial charge in [-0.05, 0) is 42.8 Å². The zero-order valence-corrected chi connectivity index (χ0v) is 12.0. The standard InChI is InChI=1S/C16H14FNO4/c1-9-3-5-11(8-12(9)16(20)21)18-15(19)10-4-6-13(17)14(7-10)22-2/h3-8H,1-2H3,(H,18,19)(H,20,21). The summed E-state index contributed by atoms with van der Waals surface area (Å²) >= 11 is 0. The van der Waals surface area contributed by atoms with E-state index in [0.717, 1.165) is 6.07 Å². The minimum absolute atomic E-state index is 0.0391. The number of carbonyl (C=O) groups excluding carboxylic acids is 1. The lowest BCUT2D eigenvalue weighted by atomic mass is 10.1. The van der Waals surface area contributed by atoms with Gasteiger partial charge in [-0.15, -0.1) is 0 Å². The Morgan fingerprint density at radius 3 is 2.55 bits per heavy atom. The van der Waals surface area contributed by atoms with Crippen LogP contribution in [-0.4, -0.2) is 24.1 Å². The number of aryl methyl sites for hydroxylation is 1. The highest BCUT2D eigenvalue weighted by Crippen LogP contribution is 2.20. The molecule has 0 saturated heterocycles. The Bertz CT molecular complexity index is 743. The van der Waals surface area contributed by atoms with Crippen LogP contribution in [0.15, 0.2) is 36.4 Å². The number of aromatic carboxylic acids is 1. The molecule has 0 radical (unpaired) electrons. The number of methoxy groups -OCH3 is 1. The predicted octanol–water partition coefficient (Wildman–Crippen LogP) is 3.09. The van der Waals surface area contributed by atoms with E-state index < -0.39 is 17.7 Å². The summed E-state index contributed by atoms with van der Waals surface area (Å²) in [5.74, 6) is -2.17. The van der Waals surface area contributed by atoms with Gasteiger partial charge in [0, 0.05) is 11.3 Å². The van der Waals surface area contributed by atoms with Crippen LogP contribution in [-0.2, 0) is 0 Å². The van der Waals surface area contributed by atoms with Crippen LogP contribution in [0.4, 0.5) is 10.1 Å². The van der Waals surface area contributed by atoms with E-state index in [1.54, 1.807) is 19.1 Å². The van der Waals surface area contributed by atoms with Crippen molar-refractivity contribution in [3.05, 3.63) is 58.9 Å². The number of hydrogen-bond acceptors (Lipinski definition) is 3. The average Bonchev–Trinajstić information content (AvgIpc) is 2.49. The van der Waals surface area contributed by atoms with Gasteiger partial charge in [0.25, 0.3) is 5.91 Å². The molecule has 22 heavy (non-hydrogen) atoms. The van der Waals surface area contributed by atoms with Gasteiger partial charge >= 0.3 is 5.97 Å². The molecule has 2 N–H and O–H groups in total. The number of carbonyl (C=O) groups is 2. The predicted molar refractivity (Wildman–Crippen MR) is 79.0 cm³/mol. The lowest BCUT2D eigenvalue weighted by Crippen LogP contribution is -2.13. The number of nitrogens with one attached hydrogen (secondary N) is 1. The highest BCUT2D eigenvalue weighted by molar-refractivity contribution is 6.05. The molecule has 2 aromatic carbocycles. The second-order valence-electron chi connectivity index (χ2n) is 4.64. The Labute approximate surface area is 126 Å². The third-order valence-corrected chi connectivity index (χ3v) is 3.14. The van der Waals surface area contributed by atoms with Gasteiger partial charge in [-0.25, -0.2) is 9.18 Å². The number of benzene rings is 2. The Hall–Kier alpha value is -2.89. The summed E-state index contributed by atoms with van der Waals surface area (Å²) in [7, 11) is 1.30. The second-order valence-corrected chi connectivity index (χ2v) is 4.64. The lowest BCUT2D eigenvalue weighted by molar-refractivity contribution is 0.0695. The smallest absolute Gasteiger partial charge is 0.336 e. The lowest BCUT2D eigenvalue weighted by Gasteiger charge is -2.09. The van der Waals surface area contributed by atoms with E-state index >= 15 is 0 Å². The zero-order valence-electron chi connectivity index (χ0n) is 12.0. The van der Waals surface area contributed by atoms with Gasteiger partial charge in [0.2, 0.25) is 0 Å². The molecule has 0 spiro atoms. The van der Waals surface area contributed by atoms with Gasteiger partial charge in [0.05, 0.1) is 12.7 Å². The van der Waals surface area contributed by atoms with E-state index in [9.17, 15) is 14.0 Å². The fourth-order valence-electron chi connectivity index (χ4n) is 1.93. The van der Waals surface area contributed by atoms with Crippen molar-refractivity contribution in [2.75, 3.05) is 12.4 Å². The van der Waals surface area contributed by atoms with Gasteiger partial charge in [-0.2, -0.15) is 0 Å². The van der Waals surface area contributed by atoms with Crippen molar-refractivity contribution >= 4 is 17.6 Å². The van der Waals surface area contributed by atoms with Crippen LogP contribution in [0.5, 0.6) is 5.75 Å². The fourth-order valence-corrected chi connectivity index (χ4v) is 1.93. The Morgan fingerprint density at radius 1 is 1.18 bits per heavy atom. The van der Waals surface area contributed by atoms with Crippen molar-refractivity contribution in [1.29, 1.82) is 0 Å². The maximum absolute atomic E-state index is 13.3. The molecule has 1 amide bonds. The van der Waals surface area contributed by atoms with Crippen LogP contribution in [0.1, 0.15) is 26.3 Å². The van der Waals surface area contributed by atoms with Gasteiger partial charge in [-0.1, -0.05) is 6.07 Å². The molecule has 0 unspecified atom stereocenters. The summed E-state index contributed by atoms with van der Waals surface area (Å²) in [6.45, 7) is 1.67. The molecule has 0 fully saturated rings. The van der Waals surface area contributed by atoms with Gasteiger partial charge in [0.1, 0.15) is 0 Å². The number of ether oxygens (including phenoxy) is 1. The first-order valence-electron chi connectivity index (χ1n) is 6.41. The van der Waals surface area contributed by atoms with E-state index in [-0.39, 0.29) is 16.9 Å². The minimum Gasteiger partial charge on any atom is -0.494 e. The SMILES string of the molecule is COc1cc(C(=O)Nc2ccc(C)c(C(=O)O)c2)ccc1F. The molecule has 0 aliphatic carbocycles. The number of anilines is 1. The molecule has 0 saturated carbocycles. The third-order valence-electron chi connectivity index (χ3n) is 3.14. The number of halogens is 1. The van der Waals surface area contributed by atoms with E-state index in [1.807, 2.05) is 0 Å². The molecule has 0 aromatic heterocycles. The van der Waals surface area contributed by atoms with Crippen molar-refractivity contribution < 1.29 is 23.8 Å². The molecule has 0 heterocycles. The number of carboxylic acids is 1. The van der Waals surface area contributed by atoms with Crippen LogP contribution in [0.2, 0.25) is 0 Å². The molecule has 2 aromatic rings. The first-order chi connectivity index (χ1) is 10.4. The number of amides is 1. The second kappa shape index (κ2) is 6.26. The van der Waals surface area contributed by atoms with E-state index in [1.165, 1.54) is 25.3 Å². The molecule has 2 rings (SSSR count). The zero-order chi connectivity index (χ0) is 16.3. The summed E-state index contributed by atoms with van der Waals surface area (Å²) in [4.78, 5) is 23.2. The maximum atomic E-state index is 13.3. The molecule has 6 heteroatoms. The maximum Gasteiger partial charge on any atom is 0.336 e. The topological polar surface area (TPSA) is 75.6 Å². The van der Waals surface area contributed by atoms with Crippen molar-refractivity contribution in [1.82, 2.24) is 0 Å². The largest absolute Gasteiger partial charge is 0.494 e. The highest BCUT2D eigenvalue weighted by atomic mass is 19.1. The van der Waals surface area contributed by atoms with Crippen molar-refractivity contribution in [3.8, 4) is 5.75 Å². The average molecular weight is 303 g/mol. The van der Waals surface area contributed by atoms with Crippen LogP contribution in [0.3, 0.4) is 0 Å². The summed E-state index contributed by atoms with van der Waals surface area (Å²) in [6, 6.07) is 8.29. The summed E-state index contributed by atoms with van der Waals surface area (Å²) in [5, 5.41) is 11.6. The van der Waals surface area contributed by atoms with Crippen LogP contribution in [0.25, 0.3) is 0 Å². The first-order valence-corrected chi connectivity index (χ1v) is 6.41. The van der Waals surface area contributed by atoms with E-state index in [0.29, 0.717) is 11.3 Å². The molecule has 0 aliphatic rings. The number of rotatable bonds is 4. The molecule has 0 aliphatic heterocycles. The minimum atomic E-state index is -1.07. The third kappa shape index (κ3) is 3.22. The van der Waals surface area contributed by atoms with Gasteiger partial charge in [-0.3, -0.25) is 4.79 Å². The van der Waals surface area contributed by atoms with Crippen molar-refractivity contribution in [3.63, 3.8) is 0 Å². The Balaban J connectivity index is 2.25. The number of hydrogen-bond donors (Lipinski definition) is 2. The van der Waals surface area contributed by atoms with Crippen molar-refractivity contribution in [2.24, 2.45) is 0 Å². The molecule has 0 atom stereocenters. The quantitative estimate of drug-likeness (QED) is 0.910. The molecule has 5 nitrogen and oxygen atoms in total. The monoisotopic (exact) mass is 303 g/mol. The van der Waals surface area contributed by atoms with Crippen molar-refractivity contribution in [2.45, 2.75) is 6.92 Å². The van der Waals surface area contributed by atoms with Crippen LogP contribution >= 0.6 is 0 Å². The highest BCUT2D eigenvalue weighted by Gasteiger charge is 2.12. The molecular weight excluding hydrogens is 289 g/mol. The Morgan fingerprint density at radius 2 is 1.91 bits per heavy atom. The van der Waals surface area contributed by atoms with Gasteiger partial charge in [0.15, 0.2) is 11.6 Å². The summed E-state index contributed by atoms with van der Waals surface area (Å²) < 4.78 is 18.1.